The summed E-state index contributed by atoms with van der Waals surface area (Å²) < 4.78 is 12.7. The van der Waals surface area contributed by atoms with Crippen LogP contribution < -0.4 is 5.32 Å². The van der Waals surface area contributed by atoms with Gasteiger partial charge in [-0.15, -0.1) is 6.58 Å². The third kappa shape index (κ3) is 5.65. The van der Waals surface area contributed by atoms with E-state index in [0.717, 1.165) is 0 Å². The number of carboxylic acids is 1. The van der Waals surface area contributed by atoms with E-state index in [0.29, 0.717) is 24.8 Å². The van der Waals surface area contributed by atoms with E-state index in [1.54, 1.807) is 6.08 Å². The fourth-order valence-electron chi connectivity index (χ4n) is 1.76. The number of allylic oxidation sites excluding steroid dienone is 1. The van der Waals surface area contributed by atoms with Crippen LogP contribution in [0.15, 0.2) is 36.9 Å². The Bertz CT molecular complexity index is 471. The van der Waals surface area contributed by atoms with Gasteiger partial charge in [-0.25, -0.2) is 9.18 Å². The van der Waals surface area contributed by atoms with Crippen molar-refractivity contribution in [3.63, 3.8) is 0 Å². The number of hydrogen-bond acceptors (Lipinski definition) is 2. The van der Waals surface area contributed by atoms with Crippen molar-refractivity contribution in [2.24, 2.45) is 0 Å². The fourth-order valence-corrected chi connectivity index (χ4v) is 1.76. The van der Waals surface area contributed by atoms with Gasteiger partial charge in [-0.2, -0.15) is 0 Å². The molecule has 1 aromatic rings. The standard InChI is InChI=1S/C15H18FNO3/c1-2-3-4-5-13(15(19)20)17-14(18)10-11-6-8-12(16)9-7-11/h2,6-9,13H,1,3-5,10H2,(H,17,18)(H,19,20)/t13-/m0/s1. The average molecular weight is 279 g/mol. The maximum absolute atomic E-state index is 12.7. The van der Waals surface area contributed by atoms with Crippen LogP contribution in [0.5, 0.6) is 0 Å². The minimum atomic E-state index is -1.05. The first-order valence-corrected chi connectivity index (χ1v) is 6.40. The first-order chi connectivity index (χ1) is 9.52. The van der Waals surface area contributed by atoms with Gasteiger partial charge in [0, 0.05) is 0 Å². The number of amides is 1. The third-order valence-corrected chi connectivity index (χ3v) is 2.81. The molecule has 0 spiro atoms. The highest BCUT2D eigenvalue weighted by Gasteiger charge is 2.19. The van der Waals surface area contributed by atoms with Gasteiger partial charge in [-0.1, -0.05) is 18.2 Å². The Kier molecular flexibility index (Phi) is 6.43. The van der Waals surface area contributed by atoms with E-state index in [-0.39, 0.29) is 18.1 Å². The first kappa shape index (κ1) is 15.9. The molecule has 0 radical (unpaired) electrons. The van der Waals surface area contributed by atoms with Crippen molar-refractivity contribution in [1.82, 2.24) is 5.32 Å². The fraction of sp³-hybridized carbons (Fsp3) is 0.333. The molecule has 1 atom stereocenters. The lowest BCUT2D eigenvalue weighted by Crippen LogP contribution is -2.41. The number of nitrogens with one attached hydrogen (secondary N) is 1. The Balaban J connectivity index is 2.50. The summed E-state index contributed by atoms with van der Waals surface area (Å²) in [6.07, 6.45) is 3.45. The monoisotopic (exact) mass is 279 g/mol. The van der Waals surface area contributed by atoms with Crippen molar-refractivity contribution < 1.29 is 19.1 Å². The maximum atomic E-state index is 12.7. The van der Waals surface area contributed by atoms with Crippen LogP contribution in [-0.4, -0.2) is 23.0 Å². The molecule has 0 saturated carbocycles. The molecule has 0 saturated heterocycles. The molecule has 20 heavy (non-hydrogen) atoms. The van der Waals surface area contributed by atoms with Crippen LogP contribution in [-0.2, 0) is 16.0 Å². The SMILES string of the molecule is C=CCCC[C@H](NC(=O)Cc1ccc(F)cc1)C(=O)O. The van der Waals surface area contributed by atoms with Gasteiger partial charge < -0.3 is 10.4 Å². The zero-order valence-corrected chi connectivity index (χ0v) is 11.1. The Morgan fingerprint density at radius 3 is 2.55 bits per heavy atom. The number of aliphatic carboxylic acids is 1. The normalized spacial score (nSPS) is 11.7. The summed E-state index contributed by atoms with van der Waals surface area (Å²) in [5, 5.41) is 11.5. The number of halogens is 1. The maximum Gasteiger partial charge on any atom is 0.326 e. The second-order valence-corrected chi connectivity index (χ2v) is 4.48. The molecule has 2 N–H and O–H groups in total. The highest BCUT2D eigenvalue weighted by molar-refractivity contribution is 5.84. The van der Waals surface area contributed by atoms with Gasteiger partial charge in [0.25, 0.3) is 0 Å². The van der Waals surface area contributed by atoms with Crippen LogP contribution in [0.4, 0.5) is 4.39 Å². The van der Waals surface area contributed by atoms with Crippen LogP contribution in [0.25, 0.3) is 0 Å². The molecule has 1 amide bonds. The summed E-state index contributed by atoms with van der Waals surface area (Å²) in [6, 6.07) is 4.64. The molecule has 1 rings (SSSR count). The van der Waals surface area contributed by atoms with Gasteiger partial charge in [0.15, 0.2) is 0 Å². The molecule has 5 heteroatoms. The predicted molar refractivity (Wildman–Crippen MR) is 73.7 cm³/mol. The highest BCUT2D eigenvalue weighted by Crippen LogP contribution is 2.05. The summed E-state index contributed by atoms with van der Waals surface area (Å²) in [5.74, 6) is -1.81. The van der Waals surface area contributed by atoms with Gasteiger partial charge in [0.05, 0.1) is 6.42 Å². The lowest BCUT2D eigenvalue weighted by molar-refractivity contribution is -0.141. The Hall–Kier alpha value is -2.17. The molecular formula is C15H18FNO3. The first-order valence-electron chi connectivity index (χ1n) is 6.40. The van der Waals surface area contributed by atoms with E-state index in [2.05, 4.69) is 11.9 Å². The molecule has 0 aliphatic rings. The number of unbranched alkanes of at least 4 members (excludes halogenated alkanes) is 1. The van der Waals surface area contributed by atoms with E-state index in [1.165, 1.54) is 24.3 Å². The zero-order chi connectivity index (χ0) is 15.0. The third-order valence-electron chi connectivity index (χ3n) is 2.81. The van der Waals surface area contributed by atoms with E-state index in [9.17, 15) is 14.0 Å². The van der Waals surface area contributed by atoms with Crippen molar-refractivity contribution in [3.8, 4) is 0 Å². The average Bonchev–Trinajstić information content (AvgIpc) is 2.40. The smallest absolute Gasteiger partial charge is 0.326 e. The quantitative estimate of drug-likeness (QED) is 0.567. The number of carboxylic acid groups (broad SMARTS) is 1. The summed E-state index contributed by atoms with van der Waals surface area (Å²) in [5.41, 5.74) is 0.638. The Morgan fingerprint density at radius 1 is 1.35 bits per heavy atom. The second-order valence-electron chi connectivity index (χ2n) is 4.48. The summed E-state index contributed by atoms with van der Waals surface area (Å²) in [4.78, 5) is 22.8. The van der Waals surface area contributed by atoms with Crippen molar-refractivity contribution in [2.45, 2.75) is 31.7 Å². The molecule has 108 valence electrons. The van der Waals surface area contributed by atoms with E-state index in [1.807, 2.05) is 0 Å². The van der Waals surface area contributed by atoms with Crippen LogP contribution in [0.1, 0.15) is 24.8 Å². The van der Waals surface area contributed by atoms with Crippen molar-refractivity contribution >= 4 is 11.9 Å². The topological polar surface area (TPSA) is 66.4 Å². The van der Waals surface area contributed by atoms with E-state index < -0.39 is 12.0 Å². The number of rotatable bonds is 8. The van der Waals surface area contributed by atoms with Crippen molar-refractivity contribution in [1.29, 1.82) is 0 Å². The van der Waals surface area contributed by atoms with Crippen LogP contribution in [0, 0.1) is 5.82 Å². The minimum absolute atomic E-state index is 0.0333. The predicted octanol–water partition coefficient (Wildman–Crippen LogP) is 2.29. The molecule has 0 unspecified atom stereocenters. The van der Waals surface area contributed by atoms with Crippen LogP contribution >= 0.6 is 0 Å². The lowest BCUT2D eigenvalue weighted by atomic mass is 10.1. The summed E-state index contributed by atoms with van der Waals surface area (Å²) >= 11 is 0. The Labute approximate surface area is 117 Å². The number of hydrogen-bond donors (Lipinski definition) is 2. The second kappa shape index (κ2) is 8.09. The zero-order valence-electron chi connectivity index (χ0n) is 11.1. The minimum Gasteiger partial charge on any atom is -0.480 e. The number of benzene rings is 1. The van der Waals surface area contributed by atoms with E-state index >= 15 is 0 Å². The Morgan fingerprint density at radius 2 is 2.00 bits per heavy atom. The van der Waals surface area contributed by atoms with E-state index in [4.69, 9.17) is 5.11 Å². The van der Waals surface area contributed by atoms with Crippen molar-refractivity contribution in [3.05, 3.63) is 48.3 Å². The van der Waals surface area contributed by atoms with Crippen LogP contribution in [0.2, 0.25) is 0 Å². The molecule has 0 fully saturated rings. The molecule has 0 aromatic heterocycles. The van der Waals surface area contributed by atoms with Gasteiger partial charge in [0.2, 0.25) is 5.91 Å². The number of carbonyl (C=O) groups is 2. The highest BCUT2D eigenvalue weighted by atomic mass is 19.1. The van der Waals surface area contributed by atoms with Gasteiger partial charge in [-0.3, -0.25) is 4.79 Å². The van der Waals surface area contributed by atoms with Gasteiger partial charge >= 0.3 is 5.97 Å². The molecule has 4 nitrogen and oxygen atoms in total. The molecular weight excluding hydrogens is 261 g/mol. The molecule has 0 bridgehead atoms. The van der Waals surface area contributed by atoms with Gasteiger partial charge in [0.1, 0.15) is 11.9 Å². The van der Waals surface area contributed by atoms with Crippen molar-refractivity contribution in [2.75, 3.05) is 0 Å². The van der Waals surface area contributed by atoms with Gasteiger partial charge in [-0.05, 0) is 37.0 Å². The number of carbonyl (C=O) groups excluding carboxylic acids is 1. The molecule has 0 aliphatic carbocycles. The molecule has 0 heterocycles. The summed E-state index contributed by atoms with van der Waals surface area (Å²) in [6.45, 7) is 3.56. The van der Waals surface area contributed by atoms with Crippen LogP contribution in [0.3, 0.4) is 0 Å². The largest absolute Gasteiger partial charge is 0.480 e. The molecule has 0 aliphatic heterocycles. The lowest BCUT2D eigenvalue weighted by Gasteiger charge is -2.14. The summed E-state index contributed by atoms with van der Waals surface area (Å²) in [7, 11) is 0. The molecule has 1 aromatic carbocycles.